The Morgan fingerprint density at radius 3 is 3.05 bits per heavy atom. The smallest absolute Gasteiger partial charge is 0.123 e. The van der Waals surface area contributed by atoms with Gasteiger partial charge in [0, 0.05) is 35.5 Å². The topological polar surface area (TPSA) is 34.1 Å². The summed E-state index contributed by atoms with van der Waals surface area (Å²) < 4.78 is 5.58. The zero-order valence-corrected chi connectivity index (χ0v) is 11.8. The molecule has 1 heterocycles. The molecule has 0 radical (unpaired) electrons. The fourth-order valence-electron chi connectivity index (χ4n) is 2.40. The number of ether oxygens (including phenoxy) is 1. The molecule has 0 atom stereocenters. The Morgan fingerprint density at radius 1 is 1.42 bits per heavy atom. The number of thiazole rings is 1. The molecule has 2 aromatic rings. The predicted molar refractivity (Wildman–Crippen MR) is 79.6 cm³/mol. The number of hydrogen-bond donors (Lipinski definition) is 1. The third kappa shape index (κ3) is 2.96. The molecule has 1 saturated carbocycles. The second kappa shape index (κ2) is 5.72. The van der Waals surface area contributed by atoms with Crippen LogP contribution in [-0.2, 0) is 4.74 Å². The van der Waals surface area contributed by atoms with Crippen LogP contribution in [0.1, 0.15) is 19.8 Å². The fraction of sp³-hybridized carbons (Fsp3) is 0.400. The fourth-order valence-corrected chi connectivity index (χ4v) is 3.03. The van der Waals surface area contributed by atoms with Crippen molar-refractivity contribution < 1.29 is 4.74 Å². The lowest BCUT2D eigenvalue weighted by molar-refractivity contribution is 0.00299. The molecule has 3 nitrogen and oxygen atoms in total. The molecule has 0 bridgehead atoms. The summed E-state index contributed by atoms with van der Waals surface area (Å²) in [5.74, 6) is 0. The summed E-state index contributed by atoms with van der Waals surface area (Å²) in [4.78, 5) is 4.35. The maximum absolute atomic E-state index is 5.58. The number of anilines is 1. The normalized spacial score (nSPS) is 21.9. The Labute approximate surface area is 117 Å². The second-order valence-electron chi connectivity index (χ2n) is 4.81. The summed E-state index contributed by atoms with van der Waals surface area (Å²) in [6, 6.07) is 9.02. The largest absolute Gasteiger partial charge is 0.382 e. The van der Waals surface area contributed by atoms with Crippen LogP contribution in [0.4, 0.5) is 5.69 Å². The van der Waals surface area contributed by atoms with Crippen molar-refractivity contribution in [3.8, 4) is 10.6 Å². The van der Waals surface area contributed by atoms with Crippen LogP contribution in [0, 0.1) is 0 Å². The zero-order chi connectivity index (χ0) is 13.1. The molecule has 0 unspecified atom stereocenters. The molecular weight excluding hydrogens is 256 g/mol. The molecule has 19 heavy (non-hydrogen) atoms. The maximum atomic E-state index is 5.58. The van der Waals surface area contributed by atoms with E-state index in [9.17, 15) is 0 Å². The molecular formula is C15H18N2OS. The van der Waals surface area contributed by atoms with Crippen LogP contribution in [-0.4, -0.2) is 23.7 Å². The highest BCUT2D eigenvalue weighted by molar-refractivity contribution is 7.13. The SMILES string of the molecule is CCOC1CC(Nc2cccc(-c3nccs3)c2)C1. The first-order valence-corrected chi connectivity index (χ1v) is 7.61. The molecule has 100 valence electrons. The van der Waals surface area contributed by atoms with E-state index >= 15 is 0 Å². The van der Waals surface area contributed by atoms with Crippen LogP contribution in [0.15, 0.2) is 35.8 Å². The van der Waals surface area contributed by atoms with Crippen LogP contribution in [0.5, 0.6) is 0 Å². The van der Waals surface area contributed by atoms with Crippen molar-refractivity contribution >= 4 is 17.0 Å². The van der Waals surface area contributed by atoms with E-state index in [-0.39, 0.29) is 0 Å². The average Bonchev–Trinajstić information content (AvgIpc) is 2.91. The van der Waals surface area contributed by atoms with Gasteiger partial charge < -0.3 is 10.1 Å². The van der Waals surface area contributed by atoms with E-state index in [1.807, 2.05) is 11.6 Å². The Morgan fingerprint density at radius 2 is 2.32 bits per heavy atom. The first-order valence-electron chi connectivity index (χ1n) is 6.73. The van der Waals surface area contributed by atoms with Crippen LogP contribution >= 0.6 is 11.3 Å². The molecule has 3 rings (SSSR count). The van der Waals surface area contributed by atoms with Gasteiger partial charge in [0.15, 0.2) is 0 Å². The van der Waals surface area contributed by atoms with Gasteiger partial charge in [-0.2, -0.15) is 0 Å². The average molecular weight is 274 g/mol. The van der Waals surface area contributed by atoms with E-state index < -0.39 is 0 Å². The minimum absolute atomic E-state index is 0.449. The van der Waals surface area contributed by atoms with Gasteiger partial charge in [-0.25, -0.2) is 4.98 Å². The molecule has 1 aromatic carbocycles. The molecule has 0 saturated heterocycles. The van der Waals surface area contributed by atoms with Crippen LogP contribution in [0.25, 0.3) is 10.6 Å². The van der Waals surface area contributed by atoms with Crippen molar-refractivity contribution in [2.45, 2.75) is 31.9 Å². The first kappa shape index (κ1) is 12.6. The third-order valence-corrected chi connectivity index (χ3v) is 4.23. The van der Waals surface area contributed by atoms with Gasteiger partial charge in [-0.15, -0.1) is 11.3 Å². The maximum Gasteiger partial charge on any atom is 0.123 e. The highest BCUT2D eigenvalue weighted by Gasteiger charge is 2.29. The van der Waals surface area contributed by atoms with Gasteiger partial charge in [0.05, 0.1) is 6.10 Å². The third-order valence-electron chi connectivity index (χ3n) is 3.41. The van der Waals surface area contributed by atoms with E-state index in [0.717, 1.165) is 24.5 Å². The van der Waals surface area contributed by atoms with Crippen LogP contribution in [0.3, 0.4) is 0 Å². The Hall–Kier alpha value is -1.39. The van der Waals surface area contributed by atoms with Gasteiger partial charge in [0.1, 0.15) is 5.01 Å². The second-order valence-corrected chi connectivity index (χ2v) is 5.70. The van der Waals surface area contributed by atoms with Gasteiger partial charge in [0.25, 0.3) is 0 Å². The van der Waals surface area contributed by atoms with E-state index in [1.165, 1.54) is 11.3 Å². The van der Waals surface area contributed by atoms with Gasteiger partial charge in [0.2, 0.25) is 0 Å². The van der Waals surface area contributed by atoms with E-state index in [0.29, 0.717) is 12.1 Å². The standard InChI is InChI=1S/C15H18N2OS/c1-2-18-14-9-13(10-14)17-12-5-3-4-11(8-12)15-16-6-7-19-15/h3-8,13-14,17H,2,9-10H2,1H3. The van der Waals surface area contributed by atoms with Gasteiger partial charge in [-0.3, -0.25) is 0 Å². The van der Waals surface area contributed by atoms with Crippen molar-refractivity contribution in [2.75, 3.05) is 11.9 Å². The number of benzene rings is 1. The summed E-state index contributed by atoms with van der Waals surface area (Å²) in [6.45, 7) is 2.87. The van der Waals surface area contributed by atoms with Crippen molar-refractivity contribution in [1.29, 1.82) is 0 Å². The van der Waals surface area contributed by atoms with Crippen LogP contribution in [0.2, 0.25) is 0 Å². The highest BCUT2D eigenvalue weighted by atomic mass is 32.1. The Kier molecular flexibility index (Phi) is 3.80. The molecule has 1 aliphatic rings. The molecule has 1 aliphatic carbocycles. The summed E-state index contributed by atoms with van der Waals surface area (Å²) in [7, 11) is 0. The van der Waals surface area contributed by atoms with Crippen LogP contribution < -0.4 is 5.32 Å². The number of hydrogen-bond acceptors (Lipinski definition) is 4. The van der Waals surface area contributed by atoms with Gasteiger partial charge in [-0.05, 0) is 31.9 Å². The lowest BCUT2D eigenvalue weighted by atomic mass is 9.89. The lowest BCUT2D eigenvalue weighted by Crippen LogP contribution is -2.40. The van der Waals surface area contributed by atoms with Crippen molar-refractivity contribution in [3.63, 3.8) is 0 Å². The molecule has 1 N–H and O–H groups in total. The zero-order valence-electron chi connectivity index (χ0n) is 11.0. The molecule has 0 spiro atoms. The minimum atomic E-state index is 0.449. The molecule has 0 amide bonds. The van der Waals surface area contributed by atoms with Crippen molar-refractivity contribution in [1.82, 2.24) is 4.98 Å². The number of rotatable bonds is 5. The molecule has 1 fully saturated rings. The van der Waals surface area contributed by atoms with Crippen molar-refractivity contribution in [2.24, 2.45) is 0 Å². The Bertz CT molecular complexity index is 521. The summed E-state index contributed by atoms with van der Waals surface area (Å²) in [5.41, 5.74) is 2.35. The highest BCUT2D eigenvalue weighted by Crippen LogP contribution is 2.29. The van der Waals surface area contributed by atoms with Crippen molar-refractivity contribution in [3.05, 3.63) is 35.8 Å². The summed E-state index contributed by atoms with van der Waals surface area (Å²) in [5, 5.41) is 6.65. The van der Waals surface area contributed by atoms with E-state index in [1.54, 1.807) is 11.3 Å². The quantitative estimate of drug-likeness (QED) is 0.900. The van der Waals surface area contributed by atoms with Gasteiger partial charge in [-0.1, -0.05) is 12.1 Å². The lowest BCUT2D eigenvalue weighted by Gasteiger charge is -2.36. The molecule has 0 aliphatic heterocycles. The van der Waals surface area contributed by atoms with Gasteiger partial charge >= 0.3 is 0 Å². The Balaban J connectivity index is 1.62. The monoisotopic (exact) mass is 274 g/mol. The summed E-state index contributed by atoms with van der Waals surface area (Å²) in [6.07, 6.45) is 4.51. The number of nitrogens with zero attached hydrogens (tertiary/aromatic N) is 1. The number of aromatic nitrogens is 1. The molecule has 4 heteroatoms. The number of nitrogens with one attached hydrogen (secondary N) is 1. The van der Waals surface area contributed by atoms with E-state index in [4.69, 9.17) is 4.74 Å². The minimum Gasteiger partial charge on any atom is -0.382 e. The van der Waals surface area contributed by atoms with E-state index in [2.05, 4.69) is 41.5 Å². The molecule has 1 aromatic heterocycles. The summed E-state index contributed by atoms with van der Waals surface area (Å²) >= 11 is 1.67. The predicted octanol–water partition coefficient (Wildman–Crippen LogP) is 3.79. The first-order chi connectivity index (χ1) is 9.35.